The molecule has 2 aromatic heterocycles. The average molecular weight is 518 g/mol. The summed E-state index contributed by atoms with van der Waals surface area (Å²) >= 11 is 1.33. The molecule has 192 valence electrons. The molecule has 1 aliphatic rings. The molecule has 0 spiro atoms. The molecule has 1 fully saturated rings. The third-order valence-electron chi connectivity index (χ3n) is 6.78. The van der Waals surface area contributed by atoms with E-state index in [0.717, 1.165) is 64.9 Å². The van der Waals surface area contributed by atoms with Crippen LogP contribution in [0.3, 0.4) is 0 Å². The molecule has 1 amide bonds. The molecule has 0 saturated carbocycles. The first-order valence-electron chi connectivity index (χ1n) is 12.3. The normalized spacial score (nSPS) is 16.1. The molecular formula is C28H31N5O3S. The van der Waals surface area contributed by atoms with E-state index in [1.54, 1.807) is 7.11 Å². The van der Waals surface area contributed by atoms with Gasteiger partial charge < -0.3 is 20.9 Å². The summed E-state index contributed by atoms with van der Waals surface area (Å²) in [4.78, 5) is 14.8. The molecule has 3 heterocycles. The summed E-state index contributed by atoms with van der Waals surface area (Å²) < 4.78 is 12.1. The average Bonchev–Trinajstić information content (AvgIpc) is 3.61. The number of H-pyrrole nitrogens is 1. The smallest absolute Gasteiger partial charge is 0.259 e. The summed E-state index contributed by atoms with van der Waals surface area (Å²) in [5.74, 6) is 0.822. The lowest BCUT2D eigenvalue weighted by Gasteiger charge is -2.19. The van der Waals surface area contributed by atoms with Crippen molar-refractivity contribution in [3.8, 4) is 22.6 Å². The van der Waals surface area contributed by atoms with Crippen molar-refractivity contribution in [3.63, 3.8) is 0 Å². The maximum absolute atomic E-state index is 12.0. The summed E-state index contributed by atoms with van der Waals surface area (Å²) in [6.45, 7) is 5.10. The zero-order valence-electron chi connectivity index (χ0n) is 21.0. The van der Waals surface area contributed by atoms with Crippen molar-refractivity contribution in [1.82, 2.24) is 15.1 Å². The van der Waals surface area contributed by atoms with Crippen LogP contribution in [0.2, 0.25) is 0 Å². The first kappa shape index (κ1) is 25.0. The molecule has 8 nitrogen and oxygen atoms in total. The van der Waals surface area contributed by atoms with Gasteiger partial charge in [-0.1, -0.05) is 30.3 Å². The number of likely N-dealkylation sites (tertiary alicyclic amines) is 1. The summed E-state index contributed by atoms with van der Waals surface area (Å²) in [6, 6.07) is 12.2. The molecule has 1 aliphatic heterocycles. The lowest BCUT2D eigenvalue weighted by Crippen LogP contribution is -2.29. The number of ether oxygens (including phenoxy) is 2. The van der Waals surface area contributed by atoms with E-state index in [0.29, 0.717) is 23.0 Å². The molecular weight excluding hydrogens is 486 g/mol. The van der Waals surface area contributed by atoms with Gasteiger partial charge in [-0.05, 0) is 54.6 Å². The Morgan fingerprint density at radius 3 is 2.84 bits per heavy atom. The molecule has 9 heteroatoms. The number of fused-ring (bicyclic) bond motifs is 1. The van der Waals surface area contributed by atoms with E-state index in [4.69, 9.17) is 20.9 Å². The SMILES string of the molecule is COc1c(OCCN2CCC(N)C2)ccc(C=Cc2n[nH]c3ccccc23)c1-c1csc(C(N)=O)c1C. The maximum atomic E-state index is 12.0. The Labute approximate surface area is 219 Å². The number of hydrogen-bond acceptors (Lipinski definition) is 7. The number of nitrogens with zero attached hydrogens (tertiary/aromatic N) is 2. The third-order valence-corrected chi connectivity index (χ3v) is 7.88. The van der Waals surface area contributed by atoms with Gasteiger partial charge in [0.15, 0.2) is 11.5 Å². The fourth-order valence-electron chi connectivity index (χ4n) is 4.85. The molecule has 1 atom stereocenters. The van der Waals surface area contributed by atoms with Crippen molar-refractivity contribution in [2.75, 3.05) is 33.4 Å². The number of methoxy groups -OCH3 is 1. The van der Waals surface area contributed by atoms with E-state index in [2.05, 4.69) is 15.1 Å². The number of carbonyl (C=O) groups is 1. The van der Waals surface area contributed by atoms with E-state index in [-0.39, 0.29) is 6.04 Å². The zero-order valence-corrected chi connectivity index (χ0v) is 21.8. The first-order chi connectivity index (χ1) is 18.0. The Balaban J connectivity index is 1.52. The minimum absolute atomic E-state index is 0.236. The number of primary amides is 1. The Morgan fingerprint density at radius 1 is 1.27 bits per heavy atom. The number of thiophene rings is 1. The summed E-state index contributed by atoms with van der Waals surface area (Å²) in [5.41, 5.74) is 17.0. The Hall–Kier alpha value is -3.66. The number of nitrogens with one attached hydrogen (secondary N) is 1. The summed E-state index contributed by atoms with van der Waals surface area (Å²) in [6.07, 6.45) is 5.00. The van der Waals surface area contributed by atoms with E-state index < -0.39 is 5.91 Å². The maximum Gasteiger partial charge on any atom is 0.259 e. The van der Waals surface area contributed by atoms with Crippen LogP contribution in [0.15, 0.2) is 41.8 Å². The predicted molar refractivity (Wildman–Crippen MR) is 149 cm³/mol. The van der Waals surface area contributed by atoms with Crippen LogP contribution in [0, 0.1) is 6.92 Å². The minimum atomic E-state index is -0.441. The molecule has 0 aliphatic carbocycles. The van der Waals surface area contributed by atoms with Crippen molar-refractivity contribution in [2.24, 2.45) is 11.5 Å². The Morgan fingerprint density at radius 2 is 2.11 bits per heavy atom. The monoisotopic (exact) mass is 517 g/mol. The summed E-state index contributed by atoms with van der Waals surface area (Å²) in [5, 5.41) is 10.5. The van der Waals surface area contributed by atoms with E-state index in [9.17, 15) is 4.79 Å². The van der Waals surface area contributed by atoms with E-state index in [1.807, 2.05) is 60.9 Å². The van der Waals surface area contributed by atoms with Gasteiger partial charge in [0.05, 0.1) is 23.2 Å². The zero-order chi connectivity index (χ0) is 25.9. The Kier molecular flexibility index (Phi) is 7.27. The van der Waals surface area contributed by atoms with Crippen molar-refractivity contribution < 1.29 is 14.3 Å². The van der Waals surface area contributed by atoms with Gasteiger partial charge in [0.1, 0.15) is 6.61 Å². The van der Waals surface area contributed by atoms with Crippen LogP contribution in [0.25, 0.3) is 34.2 Å². The number of carbonyl (C=O) groups excluding carboxylic acids is 1. The lowest BCUT2D eigenvalue weighted by atomic mass is 9.96. The molecule has 1 saturated heterocycles. The van der Waals surface area contributed by atoms with Crippen LogP contribution in [0.5, 0.6) is 11.5 Å². The fraction of sp³-hybridized carbons (Fsp3) is 0.286. The predicted octanol–water partition coefficient (Wildman–Crippen LogP) is 4.29. The topological polar surface area (TPSA) is 119 Å². The van der Waals surface area contributed by atoms with Crippen molar-refractivity contribution in [1.29, 1.82) is 0 Å². The van der Waals surface area contributed by atoms with Crippen LogP contribution in [-0.2, 0) is 0 Å². The van der Waals surface area contributed by atoms with Gasteiger partial charge in [0.2, 0.25) is 0 Å². The third kappa shape index (κ3) is 5.11. The van der Waals surface area contributed by atoms with Crippen LogP contribution >= 0.6 is 11.3 Å². The van der Waals surface area contributed by atoms with Gasteiger partial charge in [0.25, 0.3) is 5.91 Å². The highest BCUT2D eigenvalue weighted by Crippen LogP contribution is 2.44. The van der Waals surface area contributed by atoms with E-state index in [1.165, 1.54) is 11.3 Å². The molecule has 1 unspecified atom stereocenters. The standard InChI is InChI=1S/C28H31N5O3S/c1-17-21(16-37-27(17)28(30)34)25-18(7-9-23-20-5-3-4-6-22(20)31-32-23)8-10-24(26(25)35-2)36-14-13-33-12-11-19(29)15-33/h3-10,16,19H,11-15,29H2,1-2H3,(H2,30,34)(H,31,32). The van der Waals surface area contributed by atoms with Gasteiger partial charge in [0, 0.05) is 35.6 Å². The highest BCUT2D eigenvalue weighted by molar-refractivity contribution is 7.12. The van der Waals surface area contributed by atoms with Crippen LogP contribution in [0.1, 0.15) is 32.9 Å². The number of aromatic nitrogens is 2. The molecule has 5 N–H and O–H groups in total. The molecule has 0 bridgehead atoms. The van der Waals surface area contributed by atoms with Crippen molar-refractivity contribution in [2.45, 2.75) is 19.4 Å². The van der Waals surface area contributed by atoms with Crippen LogP contribution < -0.4 is 20.9 Å². The number of para-hydroxylation sites is 1. The quantitative estimate of drug-likeness (QED) is 0.305. The molecule has 0 radical (unpaired) electrons. The second kappa shape index (κ2) is 10.8. The number of amides is 1. The lowest BCUT2D eigenvalue weighted by molar-refractivity contribution is 0.100. The number of nitrogens with two attached hydrogens (primary N) is 2. The van der Waals surface area contributed by atoms with Gasteiger partial charge in [-0.2, -0.15) is 5.10 Å². The van der Waals surface area contributed by atoms with E-state index >= 15 is 0 Å². The fourth-order valence-corrected chi connectivity index (χ4v) is 5.78. The minimum Gasteiger partial charge on any atom is -0.492 e. The second-order valence-electron chi connectivity index (χ2n) is 9.21. The van der Waals surface area contributed by atoms with Gasteiger partial charge in [-0.15, -0.1) is 11.3 Å². The van der Waals surface area contributed by atoms with Gasteiger partial charge in [-0.25, -0.2) is 0 Å². The molecule has 2 aromatic carbocycles. The Bertz CT molecular complexity index is 1460. The highest BCUT2D eigenvalue weighted by atomic mass is 32.1. The molecule has 5 rings (SSSR count). The number of rotatable bonds is 9. The van der Waals surface area contributed by atoms with Crippen LogP contribution in [0.4, 0.5) is 0 Å². The first-order valence-corrected chi connectivity index (χ1v) is 13.2. The largest absolute Gasteiger partial charge is 0.492 e. The van der Waals surface area contributed by atoms with Crippen molar-refractivity contribution >= 4 is 40.3 Å². The molecule has 37 heavy (non-hydrogen) atoms. The van der Waals surface area contributed by atoms with Gasteiger partial charge in [-0.3, -0.25) is 14.8 Å². The van der Waals surface area contributed by atoms with Gasteiger partial charge >= 0.3 is 0 Å². The summed E-state index contributed by atoms with van der Waals surface area (Å²) in [7, 11) is 1.64. The number of hydrogen-bond donors (Lipinski definition) is 3. The second-order valence-corrected chi connectivity index (χ2v) is 10.1. The number of aromatic amines is 1. The molecule has 4 aromatic rings. The van der Waals surface area contributed by atoms with Crippen LogP contribution in [-0.4, -0.2) is 60.4 Å². The number of benzene rings is 2. The van der Waals surface area contributed by atoms with Crippen molar-refractivity contribution in [3.05, 3.63) is 63.5 Å². The highest BCUT2D eigenvalue weighted by Gasteiger charge is 2.23.